The van der Waals surface area contributed by atoms with E-state index in [-0.39, 0.29) is 41.8 Å². The average Bonchev–Trinajstić information content (AvgIpc) is 3.65. The van der Waals surface area contributed by atoms with Gasteiger partial charge in [0.1, 0.15) is 17.1 Å². The number of nitrogens with zero attached hydrogens (tertiary/aromatic N) is 3. The van der Waals surface area contributed by atoms with Crippen molar-refractivity contribution in [3.63, 3.8) is 0 Å². The van der Waals surface area contributed by atoms with E-state index in [0.717, 1.165) is 32.1 Å². The number of methoxy groups -OCH3 is 1. The summed E-state index contributed by atoms with van der Waals surface area (Å²) in [5, 5.41) is 3.52. The fourth-order valence-corrected chi connectivity index (χ4v) is 6.20. The molecule has 2 aromatic heterocycles. The Hall–Kier alpha value is -5.23. The number of benzene rings is 4. The molecular weight excluding hydrogens is 713 g/mol. The number of carbonyl (C=O) groups excluding carboxylic acids is 1. The Bertz CT molecular complexity index is 2260. The molecule has 3 heterocycles. The second-order valence-electron chi connectivity index (χ2n) is 12.0. The van der Waals surface area contributed by atoms with Crippen LogP contribution in [0.1, 0.15) is 29.6 Å². The van der Waals surface area contributed by atoms with Crippen molar-refractivity contribution in [1.29, 1.82) is 0 Å². The SMILES string of the molecule is COc1cc2c(Oc3ccc(NC(=O)c4cn(-c5ccc(F)cc5)c5ccccc5c4=O)cc3F)ccnc2cc1OCCCN1CCCC1.Cl.Cl. The highest BCUT2D eigenvalue weighted by molar-refractivity contribution is 6.06. The molecule has 13 heteroatoms. The van der Waals surface area contributed by atoms with Gasteiger partial charge >= 0.3 is 0 Å². The maximum Gasteiger partial charge on any atom is 0.261 e. The summed E-state index contributed by atoms with van der Waals surface area (Å²) in [6.45, 7) is 3.80. The first-order valence-corrected chi connectivity index (χ1v) is 16.4. The van der Waals surface area contributed by atoms with Crippen LogP contribution in [0.25, 0.3) is 27.5 Å². The van der Waals surface area contributed by atoms with Gasteiger partial charge in [-0.3, -0.25) is 14.6 Å². The molecule has 1 aliphatic heterocycles. The number of halogens is 4. The number of pyridine rings is 2. The van der Waals surface area contributed by atoms with Gasteiger partial charge < -0.3 is 29.0 Å². The van der Waals surface area contributed by atoms with E-state index in [0.29, 0.717) is 51.3 Å². The molecule has 1 amide bonds. The van der Waals surface area contributed by atoms with Crippen molar-refractivity contribution in [3.8, 4) is 28.7 Å². The number of anilines is 1. The molecule has 0 unspecified atom stereocenters. The molecule has 1 fully saturated rings. The molecule has 1 N–H and O–H groups in total. The van der Waals surface area contributed by atoms with Crippen LogP contribution in [0.3, 0.4) is 0 Å². The molecule has 7 rings (SSSR count). The van der Waals surface area contributed by atoms with Crippen molar-refractivity contribution in [3.05, 3.63) is 125 Å². The summed E-state index contributed by atoms with van der Waals surface area (Å²) in [6.07, 6.45) is 6.35. The van der Waals surface area contributed by atoms with E-state index < -0.39 is 23.0 Å². The predicted octanol–water partition coefficient (Wildman–Crippen LogP) is 8.58. The van der Waals surface area contributed by atoms with Crippen LogP contribution >= 0.6 is 24.8 Å². The smallest absolute Gasteiger partial charge is 0.261 e. The summed E-state index contributed by atoms with van der Waals surface area (Å²) in [6, 6.07) is 21.6. The zero-order valence-corrected chi connectivity index (χ0v) is 29.8. The van der Waals surface area contributed by atoms with Gasteiger partial charge in [-0.05, 0) is 93.0 Å². The molecule has 0 bridgehead atoms. The van der Waals surface area contributed by atoms with Crippen LogP contribution in [0.15, 0.2) is 102 Å². The van der Waals surface area contributed by atoms with Gasteiger partial charge in [-0.1, -0.05) is 12.1 Å². The van der Waals surface area contributed by atoms with Crippen molar-refractivity contribution in [1.82, 2.24) is 14.5 Å². The largest absolute Gasteiger partial charge is 0.493 e. The minimum Gasteiger partial charge on any atom is -0.493 e. The van der Waals surface area contributed by atoms with Crippen LogP contribution in [0.5, 0.6) is 23.0 Å². The van der Waals surface area contributed by atoms with Gasteiger partial charge in [-0.15, -0.1) is 24.8 Å². The Morgan fingerprint density at radius 3 is 2.38 bits per heavy atom. The molecule has 52 heavy (non-hydrogen) atoms. The standard InChI is InChI=1S/C39H34F2N4O5.2ClH/c1-48-36-22-29-32(23-37(36)49-20-6-19-44-17-4-5-18-44)42-16-15-34(29)50-35-14-11-26(21-31(35)41)43-39(47)30-24-45(27-12-9-25(40)10-13-27)33-8-3-2-7-28(33)38(30)46;;/h2-3,7-16,21-24H,4-6,17-20H2,1H3,(H,43,47);2*1H. The second kappa shape index (κ2) is 16.9. The topological polar surface area (TPSA) is 94.9 Å². The van der Waals surface area contributed by atoms with Crippen molar-refractivity contribution in [2.45, 2.75) is 19.3 Å². The van der Waals surface area contributed by atoms with Crippen LogP contribution in [0, 0.1) is 11.6 Å². The zero-order chi connectivity index (χ0) is 34.6. The third-order valence-electron chi connectivity index (χ3n) is 8.73. The molecule has 4 aromatic carbocycles. The highest BCUT2D eigenvalue weighted by Gasteiger charge is 2.19. The lowest BCUT2D eigenvalue weighted by atomic mass is 10.1. The van der Waals surface area contributed by atoms with E-state index in [2.05, 4.69) is 15.2 Å². The van der Waals surface area contributed by atoms with Crippen molar-refractivity contribution < 1.29 is 27.8 Å². The van der Waals surface area contributed by atoms with Crippen molar-refractivity contribution in [2.24, 2.45) is 0 Å². The summed E-state index contributed by atoms with van der Waals surface area (Å²) >= 11 is 0. The number of fused-ring (bicyclic) bond motifs is 2. The van der Waals surface area contributed by atoms with Gasteiger partial charge in [-0.2, -0.15) is 0 Å². The van der Waals surface area contributed by atoms with E-state index in [1.54, 1.807) is 72.5 Å². The molecule has 270 valence electrons. The quantitative estimate of drug-likeness (QED) is 0.133. The lowest BCUT2D eigenvalue weighted by Gasteiger charge is -2.16. The number of amides is 1. The Kier molecular flexibility index (Phi) is 12.3. The average molecular weight is 750 g/mol. The first kappa shape index (κ1) is 38.0. The Labute approximate surface area is 311 Å². The number of aromatic nitrogens is 2. The van der Waals surface area contributed by atoms with E-state index in [1.165, 1.54) is 43.3 Å². The third-order valence-corrected chi connectivity index (χ3v) is 8.73. The predicted molar refractivity (Wildman–Crippen MR) is 203 cm³/mol. The maximum atomic E-state index is 15.5. The van der Waals surface area contributed by atoms with Gasteiger partial charge in [0, 0.05) is 53.2 Å². The van der Waals surface area contributed by atoms with E-state index in [9.17, 15) is 14.0 Å². The summed E-state index contributed by atoms with van der Waals surface area (Å²) in [4.78, 5) is 33.7. The second-order valence-corrected chi connectivity index (χ2v) is 12.0. The van der Waals surface area contributed by atoms with Gasteiger partial charge in [0.2, 0.25) is 5.43 Å². The summed E-state index contributed by atoms with van der Waals surface area (Å²) < 4.78 is 48.4. The summed E-state index contributed by atoms with van der Waals surface area (Å²) in [5.41, 5.74) is 1.15. The number of hydrogen-bond donors (Lipinski definition) is 1. The first-order valence-electron chi connectivity index (χ1n) is 16.4. The molecule has 6 aromatic rings. The van der Waals surface area contributed by atoms with Gasteiger partial charge in [0.15, 0.2) is 23.1 Å². The lowest BCUT2D eigenvalue weighted by molar-refractivity contribution is 0.102. The number of likely N-dealkylation sites (tertiary alicyclic amines) is 1. The molecular formula is C39H36Cl2F2N4O5. The molecule has 0 radical (unpaired) electrons. The molecule has 1 saturated heterocycles. The monoisotopic (exact) mass is 748 g/mol. The molecule has 9 nitrogen and oxygen atoms in total. The fraction of sp³-hybridized carbons (Fsp3) is 0.205. The zero-order valence-electron chi connectivity index (χ0n) is 28.1. The van der Waals surface area contributed by atoms with Crippen LogP contribution in [-0.4, -0.2) is 53.7 Å². The van der Waals surface area contributed by atoms with Crippen molar-refractivity contribution in [2.75, 3.05) is 38.7 Å². The van der Waals surface area contributed by atoms with Crippen LogP contribution in [-0.2, 0) is 0 Å². The highest BCUT2D eigenvalue weighted by Crippen LogP contribution is 2.38. The summed E-state index contributed by atoms with van der Waals surface area (Å²) in [7, 11) is 1.55. The van der Waals surface area contributed by atoms with Crippen LogP contribution < -0.4 is 25.0 Å². The van der Waals surface area contributed by atoms with Crippen LogP contribution in [0.2, 0.25) is 0 Å². The van der Waals surface area contributed by atoms with Gasteiger partial charge in [0.05, 0.1) is 24.8 Å². The van der Waals surface area contributed by atoms with E-state index in [4.69, 9.17) is 14.2 Å². The Morgan fingerprint density at radius 1 is 0.865 bits per heavy atom. The fourth-order valence-electron chi connectivity index (χ4n) is 6.20. The number of ether oxygens (including phenoxy) is 3. The minimum atomic E-state index is -0.736. The molecule has 0 aliphatic carbocycles. The number of hydrogen-bond acceptors (Lipinski definition) is 7. The minimum absolute atomic E-state index is 0. The Balaban J connectivity index is 0.00000261. The number of rotatable bonds is 11. The third kappa shape index (κ3) is 8.12. The normalized spacial score (nSPS) is 12.6. The highest BCUT2D eigenvalue weighted by atomic mass is 35.5. The van der Waals surface area contributed by atoms with Crippen LogP contribution in [0.4, 0.5) is 14.5 Å². The number of carbonyl (C=O) groups is 1. The van der Waals surface area contributed by atoms with Gasteiger partial charge in [-0.25, -0.2) is 8.78 Å². The van der Waals surface area contributed by atoms with Gasteiger partial charge in [0.25, 0.3) is 5.91 Å². The molecule has 0 spiro atoms. The molecule has 1 aliphatic rings. The molecule has 0 atom stereocenters. The number of para-hydroxylation sites is 1. The van der Waals surface area contributed by atoms with Crippen molar-refractivity contribution >= 4 is 58.2 Å². The Morgan fingerprint density at radius 2 is 1.63 bits per heavy atom. The summed E-state index contributed by atoms with van der Waals surface area (Å²) in [5.74, 6) is -0.550. The van der Waals surface area contributed by atoms with E-state index in [1.807, 2.05) is 0 Å². The first-order chi connectivity index (χ1) is 24.4. The maximum absolute atomic E-state index is 15.5. The lowest BCUT2D eigenvalue weighted by Crippen LogP contribution is -2.23. The molecule has 0 saturated carbocycles. The number of nitrogens with one attached hydrogen (secondary N) is 1. The van der Waals surface area contributed by atoms with E-state index >= 15 is 4.39 Å².